The SMILES string of the molecule is CCNC(=NCc1nnc2n1CCC2)NCC1(Sc2ccccc2)CC1.I. The van der Waals surface area contributed by atoms with Crippen LogP contribution in [0, 0.1) is 0 Å². The third-order valence-corrected chi connectivity index (χ3v) is 6.37. The Bertz CT molecular complexity index is 772. The van der Waals surface area contributed by atoms with Crippen molar-refractivity contribution >= 4 is 41.7 Å². The number of hydrogen-bond acceptors (Lipinski definition) is 4. The number of aryl methyl sites for hydroxylation is 1. The summed E-state index contributed by atoms with van der Waals surface area (Å²) in [6, 6.07) is 10.7. The highest BCUT2D eigenvalue weighted by molar-refractivity contribution is 14.0. The second-order valence-corrected chi connectivity index (χ2v) is 8.48. The maximum atomic E-state index is 4.73. The molecule has 1 fully saturated rings. The number of aromatic nitrogens is 3. The Balaban J connectivity index is 0.00000210. The summed E-state index contributed by atoms with van der Waals surface area (Å²) in [4.78, 5) is 6.07. The monoisotopic (exact) mass is 498 g/mol. The van der Waals surface area contributed by atoms with Crippen LogP contribution in [0.5, 0.6) is 0 Å². The first-order valence-corrected chi connectivity index (χ1v) is 10.3. The predicted molar refractivity (Wildman–Crippen MR) is 121 cm³/mol. The van der Waals surface area contributed by atoms with Gasteiger partial charge in [0.05, 0.1) is 0 Å². The predicted octanol–water partition coefficient (Wildman–Crippen LogP) is 3.22. The number of thioether (sulfide) groups is 1. The van der Waals surface area contributed by atoms with Crippen molar-refractivity contribution in [1.29, 1.82) is 0 Å². The molecule has 1 aliphatic carbocycles. The first-order chi connectivity index (χ1) is 12.8. The number of halogens is 1. The normalized spacial score (nSPS) is 17.1. The molecule has 1 aromatic heterocycles. The average molecular weight is 498 g/mol. The zero-order valence-electron chi connectivity index (χ0n) is 15.6. The van der Waals surface area contributed by atoms with Crippen LogP contribution in [-0.2, 0) is 19.5 Å². The van der Waals surface area contributed by atoms with E-state index in [-0.39, 0.29) is 24.0 Å². The third kappa shape index (κ3) is 5.16. The molecule has 0 spiro atoms. The van der Waals surface area contributed by atoms with Crippen LogP contribution in [0.25, 0.3) is 0 Å². The standard InChI is InChI=1S/C19H26N6S.HI/c1-2-20-18(21-13-17-24-23-16-9-6-12-25(16)17)22-14-19(10-11-19)26-15-7-4-3-5-8-15;/h3-5,7-8H,2,6,9-14H2,1H3,(H2,20,21,22);1H. The second kappa shape index (κ2) is 9.27. The lowest BCUT2D eigenvalue weighted by Crippen LogP contribution is -2.41. The number of rotatable bonds is 7. The molecule has 2 aromatic rings. The third-order valence-electron chi connectivity index (χ3n) is 4.87. The van der Waals surface area contributed by atoms with Crippen molar-refractivity contribution in [3.63, 3.8) is 0 Å². The van der Waals surface area contributed by atoms with E-state index in [9.17, 15) is 0 Å². The molecule has 146 valence electrons. The molecular formula is C19H27IN6S. The van der Waals surface area contributed by atoms with E-state index in [1.807, 2.05) is 11.8 Å². The maximum absolute atomic E-state index is 4.73. The van der Waals surface area contributed by atoms with Gasteiger partial charge in [-0.25, -0.2) is 4.99 Å². The zero-order valence-corrected chi connectivity index (χ0v) is 18.8. The van der Waals surface area contributed by atoms with Gasteiger partial charge in [-0.2, -0.15) is 0 Å². The Morgan fingerprint density at radius 3 is 2.78 bits per heavy atom. The van der Waals surface area contributed by atoms with Crippen molar-refractivity contribution in [3.8, 4) is 0 Å². The van der Waals surface area contributed by atoms with Crippen LogP contribution < -0.4 is 10.6 Å². The van der Waals surface area contributed by atoms with E-state index >= 15 is 0 Å². The van der Waals surface area contributed by atoms with Crippen molar-refractivity contribution in [3.05, 3.63) is 42.0 Å². The van der Waals surface area contributed by atoms with Crippen LogP contribution in [0.15, 0.2) is 40.2 Å². The molecule has 8 heteroatoms. The van der Waals surface area contributed by atoms with E-state index in [0.717, 1.165) is 43.7 Å². The van der Waals surface area contributed by atoms with Crippen molar-refractivity contribution in [1.82, 2.24) is 25.4 Å². The van der Waals surface area contributed by atoms with E-state index in [2.05, 4.69) is 62.7 Å². The van der Waals surface area contributed by atoms with E-state index in [4.69, 9.17) is 4.99 Å². The lowest BCUT2D eigenvalue weighted by atomic mass is 10.4. The molecule has 1 aromatic carbocycles. The number of nitrogens with one attached hydrogen (secondary N) is 2. The molecule has 0 saturated heterocycles. The molecule has 0 amide bonds. The fourth-order valence-corrected chi connectivity index (χ4v) is 4.50. The topological polar surface area (TPSA) is 67.1 Å². The summed E-state index contributed by atoms with van der Waals surface area (Å²) in [5, 5.41) is 15.4. The minimum Gasteiger partial charge on any atom is -0.357 e. The van der Waals surface area contributed by atoms with Gasteiger partial charge < -0.3 is 15.2 Å². The molecule has 1 aliphatic heterocycles. The molecule has 0 bridgehead atoms. The Kier molecular flexibility index (Phi) is 7.02. The minimum atomic E-state index is 0. The lowest BCUT2D eigenvalue weighted by Gasteiger charge is -2.18. The summed E-state index contributed by atoms with van der Waals surface area (Å²) in [6.07, 6.45) is 4.70. The molecule has 2 aliphatic rings. The number of nitrogens with zero attached hydrogens (tertiary/aromatic N) is 4. The van der Waals surface area contributed by atoms with Crippen LogP contribution >= 0.6 is 35.7 Å². The van der Waals surface area contributed by atoms with E-state index in [1.165, 1.54) is 24.2 Å². The molecular weight excluding hydrogens is 471 g/mol. The van der Waals surface area contributed by atoms with E-state index < -0.39 is 0 Å². The highest BCUT2D eigenvalue weighted by atomic mass is 127. The molecule has 27 heavy (non-hydrogen) atoms. The van der Waals surface area contributed by atoms with Crippen LogP contribution in [0.4, 0.5) is 0 Å². The summed E-state index contributed by atoms with van der Waals surface area (Å²) < 4.78 is 2.51. The van der Waals surface area contributed by atoms with E-state index in [1.54, 1.807) is 0 Å². The van der Waals surface area contributed by atoms with Gasteiger partial charge in [-0.1, -0.05) is 18.2 Å². The largest absolute Gasteiger partial charge is 0.357 e. The zero-order chi connectivity index (χ0) is 17.8. The molecule has 0 unspecified atom stereocenters. The van der Waals surface area contributed by atoms with Gasteiger partial charge in [-0.15, -0.1) is 45.9 Å². The Morgan fingerprint density at radius 1 is 1.22 bits per heavy atom. The average Bonchev–Trinajstić information content (AvgIpc) is 3.08. The fourth-order valence-electron chi connectivity index (χ4n) is 3.26. The van der Waals surface area contributed by atoms with Gasteiger partial charge in [0, 0.05) is 35.7 Å². The van der Waals surface area contributed by atoms with Gasteiger partial charge in [0.2, 0.25) is 0 Å². The summed E-state index contributed by atoms with van der Waals surface area (Å²) in [5.74, 6) is 2.93. The van der Waals surface area contributed by atoms with Gasteiger partial charge in [-0.3, -0.25) is 0 Å². The molecule has 4 rings (SSSR count). The summed E-state index contributed by atoms with van der Waals surface area (Å²) in [7, 11) is 0. The Morgan fingerprint density at radius 2 is 2.04 bits per heavy atom. The maximum Gasteiger partial charge on any atom is 0.191 e. The second-order valence-electron chi connectivity index (χ2n) is 6.93. The Labute approximate surface area is 182 Å². The highest BCUT2D eigenvalue weighted by Crippen LogP contribution is 2.51. The summed E-state index contributed by atoms with van der Waals surface area (Å²) in [6.45, 7) is 5.46. The number of aliphatic imine (C=N–C) groups is 1. The minimum absolute atomic E-state index is 0. The first kappa shape index (κ1) is 20.4. The molecule has 6 nitrogen and oxygen atoms in total. The highest BCUT2D eigenvalue weighted by Gasteiger charge is 2.43. The summed E-state index contributed by atoms with van der Waals surface area (Å²) >= 11 is 1.98. The number of fused-ring (bicyclic) bond motifs is 1. The molecule has 0 atom stereocenters. The van der Waals surface area contributed by atoms with Gasteiger partial charge in [-0.05, 0) is 38.3 Å². The van der Waals surface area contributed by atoms with Crippen molar-refractivity contribution in [2.75, 3.05) is 13.1 Å². The smallest absolute Gasteiger partial charge is 0.191 e. The van der Waals surface area contributed by atoms with Gasteiger partial charge in [0.15, 0.2) is 11.8 Å². The van der Waals surface area contributed by atoms with Crippen molar-refractivity contribution in [2.45, 2.75) is 55.3 Å². The fraction of sp³-hybridized carbons (Fsp3) is 0.526. The molecule has 2 N–H and O–H groups in total. The van der Waals surface area contributed by atoms with Gasteiger partial charge >= 0.3 is 0 Å². The van der Waals surface area contributed by atoms with Crippen LogP contribution in [-0.4, -0.2) is 38.6 Å². The molecule has 2 heterocycles. The number of benzene rings is 1. The van der Waals surface area contributed by atoms with Crippen LogP contribution in [0.2, 0.25) is 0 Å². The number of hydrogen-bond donors (Lipinski definition) is 2. The Hall–Kier alpha value is -1.29. The van der Waals surface area contributed by atoms with Crippen molar-refractivity contribution < 1.29 is 0 Å². The first-order valence-electron chi connectivity index (χ1n) is 9.45. The molecule has 0 radical (unpaired) electrons. The van der Waals surface area contributed by atoms with Crippen molar-refractivity contribution in [2.24, 2.45) is 4.99 Å². The lowest BCUT2D eigenvalue weighted by molar-refractivity contribution is 0.683. The van der Waals surface area contributed by atoms with Gasteiger partial charge in [0.1, 0.15) is 12.4 Å². The van der Waals surface area contributed by atoms with E-state index in [0.29, 0.717) is 11.3 Å². The summed E-state index contributed by atoms with van der Waals surface area (Å²) in [5.41, 5.74) is 0. The molecule has 1 saturated carbocycles. The van der Waals surface area contributed by atoms with Crippen LogP contribution in [0.1, 0.15) is 37.8 Å². The number of guanidine groups is 1. The van der Waals surface area contributed by atoms with Crippen LogP contribution in [0.3, 0.4) is 0 Å². The van der Waals surface area contributed by atoms with Gasteiger partial charge in [0.25, 0.3) is 0 Å². The quantitative estimate of drug-likeness (QED) is 0.349.